The molecule has 2 aromatic heterocycles. The van der Waals surface area contributed by atoms with E-state index in [1.807, 2.05) is 29.5 Å². The van der Waals surface area contributed by atoms with Gasteiger partial charge in [0.05, 0.1) is 7.11 Å². The summed E-state index contributed by atoms with van der Waals surface area (Å²) in [5.74, 6) is 0.882. The zero-order chi connectivity index (χ0) is 16.4. The number of methoxy groups -OCH3 is 1. The van der Waals surface area contributed by atoms with E-state index in [0.717, 1.165) is 5.75 Å². The second-order valence-electron chi connectivity index (χ2n) is 5.39. The molecule has 4 aromatic rings. The monoisotopic (exact) mass is 490 g/mol. The zero-order valence-corrected chi connectivity index (χ0v) is 20.4. The van der Waals surface area contributed by atoms with Crippen LogP contribution in [0.5, 0.6) is 5.75 Å². The van der Waals surface area contributed by atoms with Gasteiger partial charge in [0.1, 0.15) is 5.75 Å². The second-order valence-corrected chi connectivity index (χ2v) is 7.35. The van der Waals surface area contributed by atoms with E-state index < -0.39 is 0 Å². The fourth-order valence-electron chi connectivity index (χ4n) is 2.61. The average molecular weight is 493 g/mol. The van der Waals surface area contributed by atoms with Crippen molar-refractivity contribution in [2.45, 2.75) is 0 Å². The molecular formula is C21H15BrOS2Zn. The molecule has 0 spiro atoms. The van der Waals surface area contributed by atoms with E-state index in [1.165, 1.54) is 31.3 Å². The molecule has 0 fully saturated rings. The van der Waals surface area contributed by atoms with Gasteiger partial charge in [0, 0.05) is 4.88 Å². The molecule has 0 atom stereocenters. The SMILES string of the molecule is COc1ccc(-c2ccc(-c3ccc(-c4cc[c-]s4)s3)cc2)cc1.[Br-].[Zn+2]. The van der Waals surface area contributed by atoms with Gasteiger partial charge < -0.3 is 21.7 Å². The Labute approximate surface area is 185 Å². The third kappa shape index (κ3) is 4.53. The van der Waals surface area contributed by atoms with Gasteiger partial charge in [0.25, 0.3) is 0 Å². The Balaban J connectivity index is 0.00000121. The van der Waals surface area contributed by atoms with Crippen LogP contribution in [0.4, 0.5) is 0 Å². The van der Waals surface area contributed by atoms with Crippen molar-refractivity contribution >= 4 is 22.7 Å². The summed E-state index contributed by atoms with van der Waals surface area (Å²) < 4.78 is 5.21. The molecule has 2 heterocycles. The molecule has 0 aliphatic rings. The minimum Gasteiger partial charge on any atom is -1.00 e. The molecule has 0 bridgehead atoms. The first kappa shape index (κ1) is 21.0. The van der Waals surface area contributed by atoms with E-state index in [4.69, 9.17) is 4.74 Å². The summed E-state index contributed by atoms with van der Waals surface area (Å²) in [4.78, 5) is 3.87. The third-order valence-electron chi connectivity index (χ3n) is 3.91. The molecule has 126 valence electrons. The molecule has 26 heavy (non-hydrogen) atoms. The standard InChI is InChI=1S/C21H15OS2.BrH.Zn/c1-22-18-10-8-16(9-11-18)15-4-6-17(7-5-15)19-12-13-21(24-19)20-3-2-14-23-20;;/h2-13H,1H3;1H;/q-1;;+2/p-1. The van der Waals surface area contributed by atoms with Crippen LogP contribution in [0.3, 0.4) is 0 Å². The van der Waals surface area contributed by atoms with Crippen LogP contribution in [0.25, 0.3) is 31.3 Å². The van der Waals surface area contributed by atoms with Crippen LogP contribution in [0.2, 0.25) is 0 Å². The van der Waals surface area contributed by atoms with E-state index in [0.29, 0.717) is 0 Å². The number of ether oxygens (including phenoxy) is 1. The number of benzene rings is 2. The van der Waals surface area contributed by atoms with Crippen LogP contribution >= 0.6 is 22.7 Å². The molecule has 0 radical (unpaired) electrons. The Bertz CT molecular complexity index is 929. The van der Waals surface area contributed by atoms with Crippen molar-refractivity contribution in [2.75, 3.05) is 7.11 Å². The number of hydrogen-bond donors (Lipinski definition) is 0. The first-order valence-corrected chi connectivity index (χ1v) is 9.28. The smallest absolute Gasteiger partial charge is 1.00 e. The predicted molar refractivity (Wildman–Crippen MR) is 104 cm³/mol. The van der Waals surface area contributed by atoms with Gasteiger partial charge in [-0.15, -0.1) is 21.6 Å². The predicted octanol–water partition coefficient (Wildman–Crippen LogP) is 3.62. The van der Waals surface area contributed by atoms with Crippen molar-refractivity contribution in [2.24, 2.45) is 0 Å². The van der Waals surface area contributed by atoms with Crippen molar-refractivity contribution < 1.29 is 41.2 Å². The van der Waals surface area contributed by atoms with Gasteiger partial charge in [-0.1, -0.05) is 42.5 Å². The van der Waals surface area contributed by atoms with E-state index in [1.54, 1.807) is 18.4 Å². The maximum Gasteiger partial charge on any atom is 2.00 e. The molecule has 0 N–H and O–H groups in total. The minimum absolute atomic E-state index is 0. The molecule has 5 heteroatoms. The van der Waals surface area contributed by atoms with Gasteiger partial charge in [-0.2, -0.15) is 12.1 Å². The Morgan fingerprint density at radius 3 is 1.85 bits per heavy atom. The number of hydrogen-bond acceptors (Lipinski definition) is 3. The largest absolute Gasteiger partial charge is 2.00 e. The summed E-state index contributed by atoms with van der Waals surface area (Å²) in [6.07, 6.45) is 0. The van der Waals surface area contributed by atoms with Gasteiger partial charge in [-0.05, 0) is 39.8 Å². The van der Waals surface area contributed by atoms with Crippen LogP contribution in [0.15, 0.2) is 72.8 Å². The van der Waals surface area contributed by atoms with Gasteiger partial charge in [0.15, 0.2) is 0 Å². The molecule has 4 rings (SSSR count). The normalized spacial score (nSPS) is 9.88. The second kappa shape index (κ2) is 9.61. The van der Waals surface area contributed by atoms with E-state index in [9.17, 15) is 0 Å². The van der Waals surface area contributed by atoms with Crippen LogP contribution in [0.1, 0.15) is 0 Å². The van der Waals surface area contributed by atoms with Crippen LogP contribution < -0.4 is 21.7 Å². The quantitative estimate of drug-likeness (QED) is 0.312. The Hall–Kier alpha value is -1.26. The van der Waals surface area contributed by atoms with E-state index in [-0.39, 0.29) is 36.5 Å². The summed E-state index contributed by atoms with van der Waals surface area (Å²) in [6.45, 7) is 0. The summed E-state index contributed by atoms with van der Waals surface area (Å²) in [5, 5.41) is 3.15. The number of halogens is 1. The number of thiophene rings is 2. The summed E-state index contributed by atoms with van der Waals surface area (Å²) in [7, 11) is 1.69. The van der Waals surface area contributed by atoms with Crippen molar-refractivity contribution in [3.8, 4) is 37.1 Å². The van der Waals surface area contributed by atoms with Crippen molar-refractivity contribution in [3.05, 3.63) is 78.2 Å². The summed E-state index contributed by atoms with van der Waals surface area (Å²) >= 11 is 3.49. The van der Waals surface area contributed by atoms with Crippen molar-refractivity contribution in [3.63, 3.8) is 0 Å². The minimum atomic E-state index is 0. The van der Waals surface area contributed by atoms with Crippen LogP contribution in [0, 0.1) is 5.38 Å². The first-order valence-electron chi connectivity index (χ1n) is 7.64. The fourth-order valence-corrected chi connectivity index (χ4v) is 4.36. The molecule has 0 saturated heterocycles. The third-order valence-corrected chi connectivity index (χ3v) is 6.04. The molecular weight excluding hydrogens is 478 g/mol. The van der Waals surface area contributed by atoms with Gasteiger partial charge in [-0.25, -0.2) is 0 Å². The molecule has 1 nitrogen and oxygen atoms in total. The summed E-state index contributed by atoms with van der Waals surface area (Å²) in [5.41, 5.74) is 3.67. The Morgan fingerprint density at radius 1 is 0.692 bits per heavy atom. The number of rotatable bonds is 4. The molecule has 0 aliphatic carbocycles. The average Bonchev–Trinajstić information content (AvgIpc) is 3.33. The molecule has 0 amide bonds. The Kier molecular flexibility index (Phi) is 7.78. The van der Waals surface area contributed by atoms with Gasteiger partial charge in [-0.3, -0.25) is 11.3 Å². The topological polar surface area (TPSA) is 9.23 Å². The van der Waals surface area contributed by atoms with Crippen molar-refractivity contribution in [1.29, 1.82) is 0 Å². The summed E-state index contributed by atoms with van der Waals surface area (Å²) in [6, 6.07) is 25.4. The van der Waals surface area contributed by atoms with Crippen molar-refractivity contribution in [1.82, 2.24) is 0 Å². The van der Waals surface area contributed by atoms with E-state index >= 15 is 0 Å². The first-order chi connectivity index (χ1) is 11.8. The maximum atomic E-state index is 5.21. The van der Waals surface area contributed by atoms with Gasteiger partial charge >= 0.3 is 19.5 Å². The Morgan fingerprint density at radius 2 is 1.27 bits per heavy atom. The van der Waals surface area contributed by atoms with E-state index in [2.05, 4.69) is 60.0 Å². The van der Waals surface area contributed by atoms with Crippen LogP contribution in [-0.2, 0) is 19.5 Å². The zero-order valence-electron chi connectivity index (χ0n) is 14.2. The molecule has 0 aliphatic heterocycles. The molecule has 0 unspecified atom stereocenters. The molecule has 0 saturated carbocycles. The molecule has 2 aromatic carbocycles. The maximum absolute atomic E-state index is 5.21. The van der Waals surface area contributed by atoms with Crippen LogP contribution in [-0.4, -0.2) is 7.11 Å². The fraction of sp³-hybridized carbons (Fsp3) is 0.0476. The van der Waals surface area contributed by atoms with Gasteiger partial charge in [0.2, 0.25) is 0 Å².